The molecule has 0 fully saturated rings. The van der Waals surface area contributed by atoms with Crippen LogP contribution < -0.4 is 33.7 Å². The number of allylic oxidation sites excluding steroid dienone is 2. The maximum Gasteiger partial charge on any atom is 0.228 e. The third-order valence-electron chi connectivity index (χ3n) is 11.6. The first-order valence-electron chi connectivity index (χ1n) is 18.8. The molecule has 4 aliphatic heterocycles. The van der Waals surface area contributed by atoms with Crippen molar-refractivity contribution in [3.05, 3.63) is 100 Å². The second-order valence-electron chi connectivity index (χ2n) is 14.8. The minimum absolute atomic E-state index is 0.0155. The number of benzene rings is 4. The average Bonchev–Trinajstić information content (AvgIpc) is 3.73. The molecule has 2 atom stereocenters. The summed E-state index contributed by atoms with van der Waals surface area (Å²) in [6.45, 7) is 1.74. The highest BCUT2D eigenvalue weighted by molar-refractivity contribution is 5.94. The molecular weight excluding hydrogens is 682 g/mol. The third kappa shape index (κ3) is 6.62. The summed E-state index contributed by atoms with van der Waals surface area (Å²) in [7, 11) is 10.9. The Labute approximate surface area is 317 Å². The van der Waals surface area contributed by atoms with Gasteiger partial charge in [0, 0.05) is 48.4 Å². The molecule has 282 valence electrons. The number of likely N-dealkylation sites (N-methyl/N-ethyl adjacent to an activating group) is 2. The molecule has 4 heterocycles. The number of anilines is 1. The van der Waals surface area contributed by atoms with Crippen molar-refractivity contribution < 1.29 is 33.2 Å². The number of nitrogens with zero attached hydrogens (tertiary/aromatic N) is 2. The molecule has 9 rings (SSSR count). The van der Waals surface area contributed by atoms with E-state index in [-0.39, 0.29) is 23.9 Å². The highest BCUT2D eigenvalue weighted by atomic mass is 16.5. The topological polar surface area (TPSA) is 91.0 Å². The summed E-state index contributed by atoms with van der Waals surface area (Å²) in [5, 5.41) is 3.27. The summed E-state index contributed by atoms with van der Waals surface area (Å²) in [4.78, 5) is 18.4. The van der Waals surface area contributed by atoms with Crippen LogP contribution in [0.2, 0.25) is 0 Å². The maximum atomic E-state index is 13.6. The van der Waals surface area contributed by atoms with Crippen LogP contribution in [0.5, 0.6) is 46.0 Å². The Balaban J connectivity index is 1.34. The Hall–Kier alpha value is -5.19. The van der Waals surface area contributed by atoms with E-state index in [0.29, 0.717) is 58.1 Å². The monoisotopic (exact) mass is 731 g/mol. The Morgan fingerprint density at radius 2 is 1.35 bits per heavy atom. The predicted molar refractivity (Wildman–Crippen MR) is 208 cm³/mol. The van der Waals surface area contributed by atoms with Gasteiger partial charge in [-0.3, -0.25) is 14.6 Å². The van der Waals surface area contributed by atoms with Gasteiger partial charge in [0.15, 0.2) is 34.5 Å². The highest BCUT2D eigenvalue weighted by Gasteiger charge is 2.35. The molecule has 4 aromatic rings. The molecule has 0 saturated heterocycles. The van der Waals surface area contributed by atoms with Gasteiger partial charge in [-0.1, -0.05) is 24.3 Å². The van der Waals surface area contributed by atoms with E-state index in [1.54, 1.807) is 28.4 Å². The molecule has 0 aromatic heterocycles. The number of carbonyl (C=O) groups excluding carboxylic acids is 1. The molecule has 0 saturated carbocycles. The summed E-state index contributed by atoms with van der Waals surface area (Å²) in [5.41, 5.74) is 7.36. The second kappa shape index (κ2) is 14.9. The minimum atomic E-state index is -0.172. The zero-order valence-electron chi connectivity index (χ0n) is 32.0. The number of methoxy groups -OCH3 is 4. The Morgan fingerprint density at radius 1 is 0.704 bits per heavy atom. The summed E-state index contributed by atoms with van der Waals surface area (Å²) in [6, 6.07) is 18.5. The number of hydrogen-bond donors (Lipinski definition) is 1. The fourth-order valence-corrected chi connectivity index (χ4v) is 8.53. The predicted octanol–water partition coefficient (Wildman–Crippen LogP) is 8.07. The van der Waals surface area contributed by atoms with Crippen molar-refractivity contribution in [2.24, 2.45) is 5.92 Å². The van der Waals surface area contributed by atoms with Gasteiger partial charge in [0.2, 0.25) is 11.7 Å². The van der Waals surface area contributed by atoms with E-state index in [4.69, 9.17) is 28.4 Å². The first kappa shape index (κ1) is 35.8. The van der Waals surface area contributed by atoms with Gasteiger partial charge in [-0.2, -0.15) is 0 Å². The van der Waals surface area contributed by atoms with Gasteiger partial charge in [-0.15, -0.1) is 0 Å². The fraction of sp³-hybridized carbons (Fsp3) is 0.386. The van der Waals surface area contributed by atoms with Crippen LogP contribution in [0.25, 0.3) is 0 Å². The quantitative estimate of drug-likeness (QED) is 0.198. The molecule has 0 radical (unpaired) electrons. The first-order valence-corrected chi connectivity index (χ1v) is 18.8. The van der Waals surface area contributed by atoms with E-state index >= 15 is 0 Å². The summed E-state index contributed by atoms with van der Waals surface area (Å²) in [5.74, 6) is 4.67. The molecule has 4 aromatic carbocycles. The summed E-state index contributed by atoms with van der Waals surface area (Å²) >= 11 is 0. The third-order valence-corrected chi connectivity index (χ3v) is 11.6. The van der Waals surface area contributed by atoms with Crippen LogP contribution in [0.15, 0.2) is 66.7 Å². The lowest BCUT2D eigenvalue weighted by molar-refractivity contribution is -0.119. The van der Waals surface area contributed by atoms with Crippen molar-refractivity contribution in [1.82, 2.24) is 9.80 Å². The highest BCUT2D eigenvalue weighted by Crippen LogP contribution is 2.52. The van der Waals surface area contributed by atoms with Gasteiger partial charge in [0.25, 0.3) is 0 Å². The Kier molecular flexibility index (Phi) is 9.89. The number of nitrogens with one attached hydrogen (secondary N) is 1. The Bertz CT molecular complexity index is 2090. The molecule has 0 spiro atoms. The SMILES string of the molecule is COc1cc(NC(=O)C2CC=CC2)c2cc1Oc1ccc(cc1)C[C@H]1c3cc(c(OC)cc3CCN1C)Oc1c(OC)c(OC)cc3c1[C@H](C2)N(C)CC3. The van der Waals surface area contributed by atoms with Crippen LogP contribution in [0.3, 0.4) is 0 Å². The van der Waals surface area contributed by atoms with Crippen molar-refractivity contribution in [2.75, 3.05) is 60.9 Å². The molecule has 10 heteroatoms. The average molecular weight is 732 g/mol. The van der Waals surface area contributed by atoms with Crippen LogP contribution in [0.4, 0.5) is 5.69 Å². The lowest BCUT2D eigenvalue weighted by Crippen LogP contribution is -2.34. The number of ether oxygens (including phenoxy) is 6. The van der Waals surface area contributed by atoms with Crippen LogP contribution in [0.1, 0.15) is 58.3 Å². The molecule has 6 bridgehead atoms. The molecule has 5 aliphatic rings. The number of fused-ring (bicyclic) bond motifs is 2. The maximum absolute atomic E-state index is 13.6. The largest absolute Gasteiger partial charge is 0.493 e. The van der Waals surface area contributed by atoms with E-state index in [2.05, 4.69) is 71.7 Å². The van der Waals surface area contributed by atoms with Gasteiger partial charge in [-0.25, -0.2) is 0 Å². The van der Waals surface area contributed by atoms with Crippen LogP contribution >= 0.6 is 0 Å². The summed E-state index contributed by atoms with van der Waals surface area (Å²) in [6.07, 6.45) is 8.62. The lowest BCUT2D eigenvalue weighted by Gasteiger charge is -2.37. The van der Waals surface area contributed by atoms with Crippen LogP contribution in [-0.4, -0.2) is 71.3 Å². The van der Waals surface area contributed by atoms with E-state index in [1.165, 1.54) is 16.7 Å². The normalized spacial score (nSPS) is 19.5. The van der Waals surface area contributed by atoms with E-state index < -0.39 is 0 Å². The van der Waals surface area contributed by atoms with Gasteiger partial charge in [0.1, 0.15) is 5.75 Å². The summed E-state index contributed by atoms with van der Waals surface area (Å²) < 4.78 is 37.7. The first-order chi connectivity index (χ1) is 26.3. The van der Waals surface area contributed by atoms with Gasteiger partial charge < -0.3 is 33.7 Å². The second-order valence-corrected chi connectivity index (χ2v) is 14.8. The number of amides is 1. The standard InChI is InChI=1S/C44H49N3O7/c1-46-17-15-28-21-36(49-3)39-24-32(28)34(46)19-26-11-13-31(14-12-26)53-38-23-30(33(25-37(38)50-4)45-44(48)27-9-7-8-10-27)20-35-41-29(16-18-47(35)2)22-40(51-5)42(52-6)43(41)54-39/h7-8,11-14,21-25,27,34-35H,9-10,15-20H2,1-6H3,(H,45,48)/t34-,35-/m0/s1. The van der Waals surface area contributed by atoms with Gasteiger partial charge in [0.05, 0.1) is 28.4 Å². The zero-order valence-corrected chi connectivity index (χ0v) is 32.0. The molecule has 1 amide bonds. The molecule has 1 N–H and O–H groups in total. The zero-order chi connectivity index (χ0) is 37.5. The van der Waals surface area contributed by atoms with Gasteiger partial charge in [-0.05, 0) is 117 Å². The molecule has 0 unspecified atom stereocenters. The van der Waals surface area contributed by atoms with Crippen molar-refractivity contribution in [3.8, 4) is 46.0 Å². The smallest absolute Gasteiger partial charge is 0.228 e. The van der Waals surface area contributed by atoms with Crippen LogP contribution in [-0.2, 0) is 30.5 Å². The van der Waals surface area contributed by atoms with E-state index in [1.807, 2.05) is 24.3 Å². The van der Waals surface area contributed by atoms with E-state index in [9.17, 15) is 4.79 Å². The van der Waals surface area contributed by atoms with Gasteiger partial charge >= 0.3 is 0 Å². The van der Waals surface area contributed by atoms with Crippen molar-refractivity contribution in [1.29, 1.82) is 0 Å². The van der Waals surface area contributed by atoms with Crippen molar-refractivity contribution in [3.63, 3.8) is 0 Å². The van der Waals surface area contributed by atoms with Crippen LogP contribution in [0, 0.1) is 5.92 Å². The molecular formula is C44H49N3O7. The number of carbonyl (C=O) groups is 1. The Morgan fingerprint density at radius 3 is 2.06 bits per heavy atom. The molecule has 1 aliphatic carbocycles. The molecule has 54 heavy (non-hydrogen) atoms. The van der Waals surface area contributed by atoms with Crippen molar-refractivity contribution >= 4 is 11.6 Å². The lowest BCUT2D eigenvalue weighted by atomic mass is 9.86. The van der Waals surface area contributed by atoms with E-state index in [0.717, 1.165) is 61.9 Å². The number of rotatable bonds is 6. The van der Waals surface area contributed by atoms with Crippen molar-refractivity contribution in [2.45, 2.75) is 50.6 Å². The number of hydrogen-bond acceptors (Lipinski definition) is 9. The fourth-order valence-electron chi connectivity index (χ4n) is 8.53. The minimum Gasteiger partial charge on any atom is -0.493 e. The molecule has 10 nitrogen and oxygen atoms in total.